The third kappa shape index (κ3) is 5.69. The molecule has 182 valence electrons. The van der Waals surface area contributed by atoms with E-state index < -0.39 is 11.8 Å². The standard InChI is InChI=1S/C27H22BrN3O4S/c1-16-8-10-22(17(2)12-16)29-24(32)15-35-23-11-9-18(14-21(23)28)13-20-25(33)30-27(36)31(26(20)34)19-6-4-3-5-7-19/h3-14H,15H2,1-2H3,(H,29,32)(H,30,33,36)/b20-13-. The lowest BCUT2D eigenvalue weighted by atomic mass is 10.1. The number of rotatable bonds is 6. The molecule has 1 fully saturated rings. The maximum Gasteiger partial charge on any atom is 0.270 e. The number of thiocarbonyl (C=S) groups is 1. The van der Waals surface area contributed by atoms with Gasteiger partial charge in [0.25, 0.3) is 17.7 Å². The van der Waals surface area contributed by atoms with Crippen molar-refractivity contribution in [2.45, 2.75) is 13.8 Å². The Balaban J connectivity index is 1.46. The summed E-state index contributed by atoms with van der Waals surface area (Å²) >= 11 is 8.65. The van der Waals surface area contributed by atoms with E-state index in [9.17, 15) is 14.4 Å². The molecular formula is C27H22BrN3O4S. The van der Waals surface area contributed by atoms with Crippen LogP contribution in [0.5, 0.6) is 5.75 Å². The Labute approximate surface area is 222 Å². The fourth-order valence-corrected chi connectivity index (χ4v) is 4.44. The second-order valence-corrected chi connectivity index (χ2v) is 9.38. The first-order chi connectivity index (χ1) is 17.2. The number of ether oxygens (including phenoxy) is 1. The summed E-state index contributed by atoms with van der Waals surface area (Å²) in [6, 6.07) is 19.7. The van der Waals surface area contributed by atoms with E-state index >= 15 is 0 Å². The van der Waals surface area contributed by atoms with Gasteiger partial charge in [0.15, 0.2) is 11.7 Å². The first-order valence-electron chi connectivity index (χ1n) is 11.0. The van der Waals surface area contributed by atoms with Crippen molar-refractivity contribution in [3.63, 3.8) is 0 Å². The Hall–Kier alpha value is -3.82. The van der Waals surface area contributed by atoms with E-state index in [2.05, 4.69) is 26.6 Å². The van der Waals surface area contributed by atoms with Gasteiger partial charge in [-0.2, -0.15) is 0 Å². The van der Waals surface area contributed by atoms with Crippen molar-refractivity contribution in [2.24, 2.45) is 0 Å². The number of anilines is 2. The van der Waals surface area contributed by atoms with Crippen LogP contribution in [0.15, 0.2) is 76.8 Å². The fourth-order valence-electron chi connectivity index (χ4n) is 3.64. The second kappa shape index (κ2) is 10.8. The van der Waals surface area contributed by atoms with Crippen molar-refractivity contribution in [1.82, 2.24) is 5.32 Å². The van der Waals surface area contributed by atoms with E-state index in [-0.39, 0.29) is 23.2 Å². The predicted molar refractivity (Wildman–Crippen MR) is 147 cm³/mol. The van der Waals surface area contributed by atoms with Crippen molar-refractivity contribution in [3.8, 4) is 5.75 Å². The van der Waals surface area contributed by atoms with Gasteiger partial charge < -0.3 is 10.1 Å². The highest BCUT2D eigenvalue weighted by atomic mass is 79.9. The van der Waals surface area contributed by atoms with Crippen molar-refractivity contribution in [1.29, 1.82) is 0 Å². The van der Waals surface area contributed by atoms with Gasteiger partial charge in [-0.05, 0) is 89.5 Å². The summed E-state index contributed by atoms with van der Waals surface area (Å²) in [5.74, 6) is -0.938. The van der Waals surface area contributed by atoms with Crippen LogP contribution in [0, 0.1) is 13.8 Å². The normalized spacial score (nSPS) is 14.6. The molecule has 0 aliphatic carbocycles. The SMILES string of the molecule is Cc1ccc(NC(=O)COc2ccc(/C=C3/C(=O)NC(=S)N(c4ccccc4)C3=O)cc2Br)c(C)c1. The van der Waals surface area contributed by atoms with Gasteiger partial charge in [-0.1, -0.05) is 42.0 Å². The minimum atomic E-state index is -0.572. The van der Waals surface area contributed by atoms with Gasteiger partial charge in [-0.15, -0.1) is 0 Å². The second-order valence-electron chi connectivity index (χ2n) is 8.14. The Morgan fingerprint density at radius 1 is 1.08 bits per heavy atom. The molecule has 9 heteroatoms. The van der Waals surface area contributed by atoms with E-state index in [1.807, 2.05) is 38.1 Å². The van der Waals surface area contributed by atoms with Crippen LogP contribution in [-0.4, -0.2) is 29.4 Å². The van der Waals surface area contributed by atoms with Gasteiger partial charge in [0.05, 0.1) is 10.2 Å². The Morgan fingerprint density at radius 2 is 1.83 bits per heavy atom. The highest BCUT2D eigenvalue weighted by Crippen LogP contribution is 2.28. The molecule has 3 aromatic carbocycles. The van der Waals surface area contributed by atoms with Gasteiger partial charge in [0.2, 0.25) is 0 Å². The van der Waals surface area contributed by atoms with Crippen LogP contribution in [0.4, 0.5) is 11.4 Å². The molecule has 0 atom stereocenters. The molecule has 0 aromatic heterocycles. The molecule has 3 aromatic rings. The average molecular weight is 564 g/mol. The lowest BCUT2D eigenvalue weighted by Crippen LogP contribution is -2.54. The smallest absolute Gasteiger partial charge is 0.270 e. The molecule has 0 bridgehead atoms. The third-order valence-electron chi connectivity index (χ3n) is 5.40. The zero-order valence-corrected chi connectivity index (χ0v) is 21.9. The van der Waals surface area contributed by atoms with Crippen LogP contribution >= 0.6 is 28.1 Å². The summed E-state index contributed by atoms with van der Waals surface area (Å²) in [6.07, 6.45) is 1.48. The largest absolute Gasteiger partial charge is 0.483 e. The van der Waals surface area contributed by atoms with Gasteiger partial charge in [0, 0.05) is 5.69 Å². The van der Waals surface area contributed by atoms with Gasteiger partial charge in [-0.3, -0.25) is 24.6 Å². The molecule has 0 spiro atoms. The summed E-state index contributed by atoms with van der Waals surface area (Å²) < 4.78 is 6.22. The molecule has 3 amide bonds. The summed E-state index contributed by atoms with van der Waals surface area (Å²) in [5, 5.41) is 5.43. The van der Waals surface area contributed by atoms with Crippen LogP contribution in [0.2, 0.25) is 0 Å². The molecule has 2 N–H and O–H groups in total. The van der Waals surface area contributed by atoms with E-state index in [0.29, 0.717) is 21.5 Å². The minimum Gasteiger partial charge on any atom is -0.483 e. The molecule has 1 aliphatic heterocycles. The number of hydrogen-bond acceptors (Lipinski definition) is 5. The first kappa shape index (κ1) is 25.3. The number of amides is 3. The number of carbonyl (C=O) groups excluding carboxylic acids is 3. The summed E-state index contributed by atoms with van der Waals surface area (Å²) in [5.41, 5.74) is 3.91. The lowest BCUT2D eigenvalue weighted by Gasteiger charge is -2.28. The maximum atomic E-state index is 13.1. The number of carbonyl (C=O) groups is 3. The highest BCUT2D eigenvalue weighted by molar-refractivity contribution is 9.10. The van der Waals surface area contributed by atoms with Crippen LogP contribution in [0.3, 0.4) is 0 Å². The monoisotopic (exact) mass is 563 g/mol. The number of nitrogens with one attached hydrogen (secondary N) is 2. The number of halogens is 1. The predicted octanol–water partition coefficient (Wildman–Crippen LogP) is 4.91. The van der Waals surface area contributed by atoms with Crippen molar-refractivity contribution < 1.29 is 19.1 Å². The van der Waals surface area contributed by atoms with Crippen molar-refractivity contribution in [2.75, 3.05) is 16.8 Å². The first-order valence-corrected chi connectivity index (χ1v) is 12.2. The number of benzene rings is 3. The summed E-state index contributed by atoms with van der Waals surface area (Å²) in [7, 11) is 0. The topological polar surface area (TPSA) is 87.7 Å². The molecule has 4 rings (SSSR count). The Morgan fingerprint density at radius 3 is 2.53 bits per heavy atom. The number of hydrogen-bond donors (Lipinski definition) is 2. The summed E-state index contributed by atoms with van der Waals surface area (Å²) in [4.78, 5) is 39.3. The molecule has 36 heavy (non-hydrogen) atoms. The number of aryl methyl sites for hydroxylation is 2. The molecular weight excluding hydrogens is 542 g/mol. The van der Waals surface area contributed by atoms with E-state index in [0.717, 1.165) is 16.8 Å². The number of nitrogens with zero attached hydrogens (tertiary/aromatic N) is 1. The van der Waals surface area contributed by atoms with Crippen LogP contribution in [0.25, 0.3) is 6.08 Å². The minimum absolute atomic E-state index is 0.0254. The molecule has 1 aliphatic rings. The molecule has 7 nitrogen and oxygen atoms in total. The van der Waals surface area contributed by atoms with Crippen molar-refractivity contribution in [3.05, 3.63) is 93.5 Å². The van der Waals surface area contributed by atoms with Gasteiger partial charge >= 0.3 is 0 Å². The van der Waals surface area contributed by atoms with Gasteiger partial charge in [-0.25, -0.2) is 0 Å². The summed E-state index contributed by atoms with van der Waals surface area (Å²) in [6.45, 7) is 3.73. The van der Waals surface area contributed by atoms with E-state index in [1.54, 1.807) is 42.5 Å². The average Bonchev–Trinajstić information content (AvgIpc) is 2.83. The zero-order chi connectivity index (χ0) is 25.8. The van der Waals surface area contributed by atoms with Crippen LogP contribution in [0.1, 0.15) is 16.7 Å². The maximum absolute atomic E-state index is 13.1. The Bertz CT molecular complexity index is 1410. The molecule has 0 radical (unpaired) electrons. The zero-order valence-electron chi connectivity index (χ0n) is 19.5. The molecule has 1 saturated heterocycles. The van der Waals surface area contributed by atoms with Gasteiger partial charge in [0.1, 0.15) is 11.3 Å². The van der Waals surface area contributed by atoms with Crippen LogP contribution in [-0.2, 0) is 14.4 Å². The number of para-hydroxylation sites is 1. The fraction of sp³-hybridized carbons (Fsp3) is 0.111. The van der Waals surface area contributed by atoms with Crippen LogP contribution < -0.4 is 20.3 Å². The molecule has 1 heterocycles. The molecule has 0 unspecified atom stereocenters. The lowest BCUT2D eigenvalue weighted by molar-refractivity contribution is -0.122. The third-order valence-corrected chi connectivity index (χ3v) is 6.30. The van der Waals surface area contributed by atoms with E-state index in [4.69, 9.17) is 17.0 Å². The highest BCUT2D eigenvalue weighted by Gasteiger charge is 2.34. The molecule has 0 saturated carbocycles. The quantitative estimate of drug-likeness (QED) is 0.252. The van der Waals surface area contributed by atoms with Crippen molar-refractivity contribution >= 4 is 68.4 Å². The van der Waals surface area contributed by atoms with E-state index in [1.165, 1.54) is 11.0 Å². The Kier molecular flexibility index (Phi) is 7.61.